The Morgan fingerprint density at radius 2 is 1.69 bits per heavy atom. The van der Waals surface area contributed by atoms with E-state index in [9.17, 15) is 9.90 Å². The Hall–Kier alpha value is -4.50. The third kappa shape index (κ3) is 7.42. The van der Waals surface area contributed by atoms with Crippen molar-refractivity contribution in [2.24, 2.45) is 0 Å². The van der Waals surface area contributed by atoms with Gasteiger partial charge in [-0.2, -0.15) is 0 Å². The predicted octanol–water partition coefficient (Wildman–Crippen LogP) is 7.24. The largest absolute Gasteiger partial charge is 0.492 e. The molecule has 1 saturated heterocycles. The Labute approximate surface area is 268 Å². The second-order valence-electron chi connectivity index (χ2n) is 11.6. The summed E-state index contributed by atoms with van der Waals surface area (Å²) in [6, 6.07) is 27.3. The molecule has 0 aliphatic carbocycles. The molecule has 0 spiro atoms. The van der Waals surface area contributed by atoms with Crippen molar-refractivity contribution in [2.75, 3.05) is 58.3 Å². The minimum Gasteiger partial charge on any atom is -0.492 e. The molecule has 1 aliphatic heterocycles. The van der Waals surface area contributed by atoms with Crippen LogP contribution in [0.1, 0.15) is 15.9 Å². The van der Waals surface area contributed by atoms with Crippen molar-refractivity contribution in [2.45, 2.75) is 6.54 Å². The summed E-state index contributed by atoms with van der Waals surface area (Å²) in [5.41, 5.74) is 5.56. The number of piperazine rings is 1. The van der Waals surface area contributed by atoms with Crippen molar-refractivity contribution in [3.63, 3.8) is 0 Å². The summed E-state index contributed by atoms with van der Waals surface area (Å²) < 4.78 is 12.2. The number of aromatic nitrogens is 1. The molecule has 0 atom stereocenters. The van der Waals surface area contributed by atoms with Gasteiger partial charge in [-0.05, 0) is 91.4 Å². The first-order valence-corrected chi connectivity index (χ1v) is 15.5. The van der Waals surface area contributed by atoms with E-state index in [1.807, 2.05) is 74.9 Å². The second kappa shape index (κ2) is 13.6. The van der Waals surface area contributed by atoms with Crippen LogP contribution < -0.4 is 14.4 Å². The highest BCUT2D eigenvalue weighted by atomic mass is 35.5. The third-order valence-electron chi connectivity index (χ3n) is 8.12. The summed E-state index contributed by atoms with van der Waals surface area (Å²) in [5, 5.41) is 11.6. The quantitative estimate of drug-likeness (QED) is 0.160. The lowest BCUT2D eigenvalue weighted by molar-refractivity contribution is 0.0694. The number of likely N-dealkylation sites (N-methyl/N-ethyl adjacent to an activating group) is 1. The summed E-state index contributed by atoms with van der Waals surface area (Å²) in [6.45, 7) is 5.56. The molecule has 8 nitrogen and oxygen atoms in total. The Balaban J connectivity index is 1.17. The number of H-pyrrole nitrogens is 1. The summed E-state index contributed by atoms with van der Waals surface area (Å²) in [6.07, 6.45) is 1.87. The zero-order valence-corrected chi connectivity index (χ0v) is 26.3. The number of fused-ring (bicyclic) bond motifs is 1. The van der Waals surface area contributed by atoms with Crippen LogP contribution in [0.5, 0.6) is 17.2 Å². The normalized spacial score (nSPS) is 13.8. The number of hydrogen-bond donors (Lipinski definition) is 2. The second-order valence-corrected chi connectivity index (χ2v) is 12.0. The Morgan fingerprint density at radius 1 is 0.911 bits per heavy atom. The molecule has 2 N–H and O–H groups in total. The zero-order chi connectivity index (χ0) is 31.3. The molecule has 1 aliphatic rings. The first-order chi connectivity index (χ1) is 21.8. The number of ether oxygens (including phenoxy) is 2. The standard InChI is InChI=1S/C36H37ClN4O4/c1-39(2)19-20-44-30-8-11-32(25-3-5-28(37)6-4-25)27(22-30)24-40-15-17-41(18-16-40)29-7-10-33(36(42)43)35(23-29)45-31-9-12-34-26(21-31)13-14-38-34/h3-14,21-23,38H,15-20,24H2,1-2H3,(H,42,43). The molecule has 2 heterocycles. The van der Waals surface area contributed by atoms with Gasteiger partial charge in [0.2, 0.25) is 0 Å². The average Bonchev–Trinajstić information content (AvgIpc) is 3.50. The highest BCUT2D eigenvalue weighted by molar-refractivity contribution is 6.30. The van der Waals surface area contributed by atoms with Crippen LogP contribution in [0.15, 0.2) is 91.1 Å². The van der Waals surface area contributed by atoms with Crippen molar-refractivity contribution in [3.8, 4) is 28.4 Å². The molecule has 4 aromatic carbocycles. The first kappa shape index (κ1) is 30.5. The number of anilines is 1. The SMILES string of the molecule is CN(C)CCOc1ccc(-c2ccc(Cl)cc2)c(CN2CCN(c3ccc(C(=O)O)c(Oc4ccc5[nH]ccc5c4)c3)CC2)c1. The fourth-order valence-corrected chi connectivity index (χ4v) is 5.77. The number of rotatable bonds is 11. The first-order valence-electron chi connectivity index (χ1n) is 15.1. The van der Waals surface area contributed by atoms with Gasteiger partial charge in [0.15, 0.2) is 0 Å². The minimum atomic E-state index is -1.02. The fourth-order valence-electron chi connectivity index (χ4n) is 5.64. The van der Waals surface area contributed by atoms with Crippen LogP contribution >= 0.6 is 11.6 Å². The van der Waals surface area contributed by atoms with E-state index in [0.717, 1.165) is 72.7 Å². The molecule has 0 amide bonds. The Bertz CT molecular complexity index is 1780. The van der Waals surface area contributed by atoms with E-state index in [1.165, 1.54) is 5.56 Å². The molecule has 6 rings (SSSR count). The van der Waals surface area contributed by atoms with E-state index < -0.39 is 5.97 Å². The summed E-state index contributed by atoms with van der Waals surface area (Å²) in [7, 11) is 4.08. The van der Waals surface area contributed by atoms with Crippen LogP contribution in [0.4, 0.5) is 5.69 Å². The molecular formula is C36H37ClN4O4. The average molecular weight is 625 g/mol. The van der Waals surface area contributed by atoms with E-state index in [1.54, 1.807) is 6.07 Å². The van der Waals surface area contributed by atoms with E-state index >= 15 is 0 Å². The molecular weight excluding hydrogens is 588 g/mol. The maximum atomic E-state index is 12.0. The molecule has 45 heavy (non-hydrogen) atoms. The zero-order valence-electron chi connectivity index (χ0n) is 25.5. The molecule has 5 aromatic rings. The van der Waals surface area contributed by atoms with Gasteiger partial charge in [0.25, 0.3) is 0 Å². The number of aromatic carboxylic acids is 1. The van der Waals surface area contributed by atoms with Crippen LogP contribution in [0.3, 0.4) is 0 Å². The predicted molar refractivity (Wildman–Crippen MR) is 180 cm³/mol. The van der Waals surface area contributed by atoms with E-state index in [2.05, 4.69) is 43.9 Å². The van der Waals surface area contributed by atoms with Gasteiger partial charge in [-0.3, -0.25) is 4.90 Å². The lowest BCUT2D eigenvalue weighted by Crippen LogP contribution is -2.46. The molecule has 0 saturated carbocycles. The number of halogens is 1. The van der Waals surface area contributed by atoms with Crippen LogP contribution in [0, 0.1) is 0 Å². The number of carbonyl (C=O) groups is 1. The molecule has 232 valence electrons. The maximum absolute atomic E-state index is 12.0. The molecule has 0 radical (unpaired) electrons. The van der Waals surface area contributed by atoms with Gasteiger partial charge < -0.3 is 29.4 Å². The summed E-state index contributed by atoms with van der Waals surface area (Å²) in [4.78, 5) is 22.0. The van der Waals surface area contributed by atoms with Gasteiger partial charge in [0.1, 0.15) is 29.4 Å². The van der Waals surface area contributed by atoms with Gasteiger partial charge in [-0.1, -0.05) is 29.8 Å². The van der Waals surface area contributed by atoms with Gasteiger partial charge in [-0.25, -0.2) is 4.79 Å². The van der Waals surface area contributed by atoms with E-state index in [4.69, 9.17) is 21.1 Å². The minimum absolute atomic E-state index is 0.133. The Morgan fingerprint density at radius 3 is 2.44 bits per heavy atom. The van der Waals surface area contributed by atoms with Gasteiger partial charge in [0.05, 0.1) is 0 Å². The number of nitrogens with one attached hydrogen (secondary N) is 1. The molecule has 1 fully saturated rings. The van der Waals surface area contributed by atoms with Crippen molar-refractivity contribution in [1.29, 1.82) is 0 Å². The van der Waals surface area contributed by atoms with Crippen molar-refractivity contribution >= 4 is 34.2 Å². The third-order valence-corrected chi connectivity index (χ3v) is 8.37. The number of hydrogen-bond acceptors (Lipinski definition) is 6. The van der Waals surface area contributed by atoms with Crippen LogP contribution in [-0.2, 0) is 6.54 Å². The maximum Gasteiger partial charge on any atom is 0.339 e. The van der Waals surface area contributed by atoms with Gasteiger partial charge in [0, 0.05) is 73.1 Å². The van der Waals surface area contributed by atoms with Crippen LogP contribution in [0.25, 0.3) is 22.0 Å². The van der Waals surface area contributed by atoms with E-state index in [0.29, 0.717) is 23.1 Å². The van der Waals surface area contributed by atoms with Gasteiger partial charge in [-0.15, -0.1) is 0 Å². The topological polar surface area (TPSA) is 81.3 Å². The number of benzene rings is 4. The lowest BCUT2D eigenvalue weighted by atomic mass is 9.98. The molecule has 1 aromatic heterocycles. The monoisotopic (exact) mass is 624 g/mol. The fraction of sp³-hybridized carbons (Fsp3) is 0.250. The Kier molecular flexibility index (Phi) is 9.26. The molecule has 0 unspecified atom stereocenters. The summed E-state index contributed by atoms with van der Waals surface area (Å²) in [5.74, 6) is 0.769. The van der Waals surface area contributed by atoms with E-state index in [-0.39, 0.29) is 5.56 Å². The highest BCUT2D eigenvalue weighted by Crippen LogP contribution is 2.33. The van der Waals surface area contributed by atoms with Gasteiger partial charge >= 0.3 is 5.97 Å². The number of nitrogens with zero attached hydrogens (tertiary/aromatic N) is 3. The van der Waals surface area contributed by atoms with Crippen molar-refractivity contribution < 1.29 is 19.4 Å². The molecule has 0 bridgehead atoms. The highest BCUT2D eigenvalue weighted by Gasteiger charge is 2.22. The number of carboxylic acid groups (broad SMARTS) is 1. The number of aromatic amines is 1. The smallest absolute Gasteiger partial charge is 0.339 e. The van der Waals surface area contributed by atoms with Crippen LogP contribution in [-0.4, -0.2) is 79.3 Å². The number of carboxylic acids is 1. The van der Waals surface area contributed by atoms with Crippen molar-refractivity contribution in [3.05, 3.63) is 107 Å². The van der Waals surface area contributed by atoms with Crippen LogP contribution in [0.2, 0.25) is 5.02 Å². The summed E-state index contributed by atoms with van der Waals surface area (Å²) >= 11 is 6.18. The van der Waals surface area contributed by atoms with Crippen molar-refractivity contribution in [1.82, 2.24) is 14.8 Å². The lowest BCUT2D eigenvalue weighted by Gasteiger charge is -2.36. The molecule has 9 heteroatoms.